The van der Waals surface area contributed by atoms with E-state index in [-0.39, 0.29) is 0 Å². The van der Waals surface area contributed by atoms with Crippen LogP contribution in [0.1, 0.15) is 25.3 Å². The molecule has 0 radical (unpaired) electrons. The second-order valence-electron chi connectivity index (χ2n) is 12.3. The van der Waals surface area contributed by atoms with Crippen molar-refractivity contribution in [2.24, 2.45) is 0 Å². The molecule has 2 aliphatic rings. The Hall–Kier alpha value is -2.95. The van der Waals surface area contributed by atoms with Gasteiger partial charge in [-0.2, -0.15) is 4.98 Å². The maximum atomic E-state index is 13.2. The first-order chi connectivity index (χ1) is 21.6. The lowest BCUT2D eigenvalue weighted by Crippen LogP contribution is -2.52. The molecule has 4 heterocycles. The molecule has 0 saturated carbocycles. The second-order valence-corrected chi connectivity index (χ2v) is 16.7. The van der Waals surface area contributed by atoms with Crippen molar-refractivity contribution >= 4 is 74.4 Å². The fourth-order valence-electron chi connectivity index (χ4n) is 6.32. The molecule has 2 N–H and O–H groups in total. The Labute approximate surface area is 274 Å². The molecule has 2 saturated heterocycles. The number of nitrogens with zero attached hydrogens (tertiary/aromatic N) is 6. The van der Waals surface area contributed by atoms with Gasteiger partial charge in [-0.05, 0) is 63.4 Å². The number of ether oxygens (including phenoxy) is 1. The molecule has 2 fully saturated rings. The lowest BCUT2D eigenvalue weighted by molar-refractivity contribution is 0.0982. The van der Waals surface area contributed by atoms with Gasteiger partial charge in [-0.25, -0.2) is 9.97 Å². The normalized spacial score (nSPS) is 17.2. The molecular weight excluding hydrogens is 627 g/mol. The Morgan fingerprint density at radius 3 is 2.47 bits per heavy atom. The Morgan fingerprint density at radius 2 is 1.78 bits per heavy atom. The molecule has 6 rings (SSSR count). The van der Waals surface area contributed by atoms with Crippen molar-refractivity contribution in [3.8, 4) is 5.75 Å². The lowest BCUT2D eigenvalue weighted by Gasteiger charge is -2.43. The Bertz CT molecular complexity index is 1710. The van der Waals surface area contributed by atoms with E-state index in [1.165, 1.54) is 48.5 Å². The van der Waals surface area contributed by atoms with Gasteiger partial charge in [0.15, 0.2) is 5.82 Å². The molecule has 0 spiro atoms. The average molecular weight is 669 g/mol. The zero-order chi connectivity index (χ0) is 31.7. The van der Waals surface area contributed by atoms with Gasteiger partial charge in [-0.1, -0.05) is 18.5 Å². The molecule has 10 nitrogen and oxygen atoms in total. The van der Waals surface area contributed by atoms with Gasteiger partial charge in [0.1, 0.15) is 17.9 Å². The predicted molar refractivity (Wildman–Crippen MR) is 189 cm³/mol. The highest BCUT2D eigenvalue weighted by Crippen LogP contribution is 2.41. The SMILES string of the molecule is CCc1cc(Nc2ncc(Cl)c(Nc3cc4scnc4cc3P(C)(C)=O)n2)c(OC)cc1N1CCC(N2CCN(C)CC2)CC1. The smallest absolute Gasteiger partial charge is 0.229 e. The number of methoxy groups -OCH3 is 1. The summed E-state index contributed by atoms with van der Waals surface area (Å²) < 4.78 is 20.1. The van der Waals surface area contributed by atoms with Gasteiger partial charge in [0.05, 0.1) is 40.4 Å². The standard InChI is InChI=1S/C32H42ClN8O2PS/c1-6-21-15-24(28(43-3)18-27(21)41-9-7-22(8-10-41)40-13-11-39(2)12-14-40)37-32-34-19-23(33)31(38-32)36-25-17-30-26(35-20-45-30)16-29(25)44(4,5)42/h15-20,22H,6-14H2,1-5H3,(H2,34,36,37,38). The van der Waals surface area contributed by atoms with E-state index >= 15 is 0 Å². The maximum Gasteiger partial charge on any atom is 0.229 e. The van der Waals surface area contributed by atoms with Crippen LogP contribution in [0.5, 0.6) is 5.75 Å². The first-order valence-electron chi connectivity index (χ1n) is 15.5. The summed E-state index contributed by atoms with van der Waals surface area (Å²) in [6.07, 6.45) is 4.80. The van der Waals surface area contributed by atoms with E-state index in [1.807, 2.05) is 12.1 Å². The molecule has 0 aliphatic carbocycles. The molecule has 13 heteroatoms. The number of anilines is 5. The topological polar surface area (TPSA) is 98.7 Å². The number of aryl methyl sites for hydroxylation is 1. The van der Waals surface area contributed by atoms with Gasteiger partial charge >= 0.3 is 0 Å². The Kier molecular flexibility index (Phi) is 9.54. The number of rotatable bonds is 9. The van der Waals surface area contributed by atoms with E-state index in [4.69, 9.17) is 21.3 Å². The van der Waals surface area contributed by atoms with Crippen molar-refractivity contribution in [2.45, 2.75) is 32.2 Å². The molecule has 0 bridgehead atoms. The van der Waals surface area contributed by atoms with Gasteiger partial charge in [-0.3, -0.25) is 4.90 Å². The van der Waals surface area contributed by atoms with Crippen molar-refractivity contribution in [3.63, 3.8) is 0 Å². The summed E-state index contributed by atoms with van der Waals surface area (Å²) in [6, 6.07) is 8.79. The molecule has 2 aromatic carbocycles. The van der Waals surface area contributed by atoms with Gasteiger partial charge < -0.3 is 29.7 Å². The van der Waals surface area contributed by atoms with Crippen LogP contribution in [-0.2, 0) is 11.0 Å². The van der Waals surface area contributed by atoms with E-state index in [9.17, 15) is 4.57 Å². The number of hydrogen-bond acceptors (Lipinski definition) is 11. The van der Waals surface area contributed by atoms with Gasteiger partial charge in [-0.15, -0.1) is 11.3 Å². The number of piperazine rings is 1. The van der Waals surface area contributed by atoms with E-state index in [0.717, 1.165) is 54.3 Å². The Balaban J connectivity index is 1.22. The number of fused-ring (bicyclic) bond motifs is 1. The average Bonchev–Trinajstić information content (AvgIpc) is 3.50. The summed E-state index contributed by atoms with van der Waals surface area (Å²) in [5, 5.41) is 7.75. The summed E-state index contributed by atoms with van der Waals surface area (Å²) in [5.74, 6) is 1.52. The molecule has 240 valence electrons. The van der Waals surface area contributed by atoms with Crippen molar-refractivity contribution in [2.75, 3.05) is 82.3 Å². The van der Waals surface area contributed by atoms with Crippen molar-refractivity contribution in [1.82, 2.24) is 24.8 Å². The van der Waals surface area contributed by atoms with E-state index < -0.39 is 7.14 Å². The molecule has 0 unspecified atom stereocenters. The van der Waals surface area contributed by atoms with Gasteiger partial charge in [0.2, 0.25) is 5.95 Å². The van der Waals surface area contributed by atoms with Crippen LogP contribution in [0.2, 0.25) is 5.02 Å². The zero-order valence-corrected chi connectivity index (χ0v) is 29.1. The zero-order valence-electron chi connectivity index (χ0n) is 26.6. The van der Waals surface area contributed by atoms with Crippen LogP contribution in [0, 0.1) is 0 Å². The van der Waals surface area contributed by atoms with Crippen LogP contribution in [0.25, 0.3) is 10.2 Å². The number of likely N-dealkylation sites (N-methyl/N-ethyl adjacent to an activating group) is 1. The lowest BCUT2D eigenvalue weighted by atomic mass is 9.99. The third-order valence-corrected chi connectivity index (χ3v) is 11.5. The van der Waals surface area contributed by atoms with Crippen LogP contribution in [0.4, 0.5) is 28.8 Å². The van der Waals surface area contributed by atoms with Crippen LogP contribution in [0.3, 0.4) is 0 Å². The predicted octanol–water partition coefficient (Wildman–Crippen LogP) is 6.26. The maximum absolute atomic E-state index is 13.2. The molecule has 4 aromatic rings. The van der Waals surface area contributed by atoms with Crippen molar-refractivity contribution in [1.29, 1.82) is 0 Å². The number of thiazole rings is 1. The van der Waals surface area contributed by atoms with Gasteiger partial charge in [0, 0.05) is 62.4 Å². The minimum atomic E-state index is -2.63. The molecular formula is C32H42ClN8O2PS. The fraction of sp³-hybridized carbons (Fsp3) is 0.469. The minimum Gasteiger partial charge on any atom is -0.494 e. The first-order valence-corrected chi connectivity index (χ1v) is 19.4. The number of benzene rings is 2. The number of piperidine rings is 1. The first kappa shape index (κ1) is 32.0. The molecule has 0 amide bonds. The molecule has 0 atom stereocenters. The highest BCUT2D eigenvalue weighted by atomic mass is 35.5. The number of nitrogens with one attached hydrogen (secondary N) is 2. The third-order valence-electron chi connectivity index (χ3n) is 8.91. The molecule has 2 aromatic heterocycles. The fourth-order valence-corrected chi connectivity index (χ4v) is 8.29. The highest BCUT2D eigenvalue weighted by molar-refractivity contribution is 7.70. The third kappa shape index (κ3) is 7.08. The molecule has 2 aliphatic heterocycles. The van der Waals surface area contributed by atoms with Crippen LogP contribution < -0.4 is 25.6 Å². The Morgan fingerprint density at radius 1 is 1.02 bits per heavy atom. The summed E-state index contributed by atoms with van der Waals surface area (Å²) >= 11 is 8.09. The van der Waals surface area contributed by atoms with E-state index in [1.54, 1.807) is 32.1 Å². The van der Waals surface area contributed by atoms with Crippen molar-refractivity contribution in [3.05, 3.63) is 46.6 Å². The second kappa shape index (κ2) is 13.4. The van der Waals surface area contributed by atoms with E-state index in [0.29, 0.717) is 33.8 Å². The van der Waals surface area contributed by atoms with Crippen LogP contribution in [-0.4, -0.2) is 97.5 Å². The summed E-state index contributed by atoms with van der Waals surface area (Å²) in [6.45, 7) is 12.4. The molecule has 45 heavy (non-hydrogen) atoms. The minimum absolute atomic E-state index is 0.356. The van der Waals surface area contributed by atoms with E-state index in [2.05, 4.69) is 61.4 Å². The highest BCUT2D eigenvalue weighted by Gasteiger charge is 2.28. The quantitative estimate of drug-likeness (QED) is 0.199. The summed E-state index contributed by atoms with van der Waals surface area (Å²) in [4.78, 5) is 21.2. The number of hydrogen-bond donors (Lipinski definition) is 2. The number of aromatic nitrogens is 3. The van der Waals surface area contributed by atoms with Crippen LogP contribution in [0.15, 0.2) is 36.0 Å². The van der Waals surface area contributed by atoms with Crippen LogP contribution >= 0.6 is 30.1 Å². The number of halogens is 1. The van der Waals surface area contributed by atoms with Gasteiger partial charge in [0.25, 0.3) is 0 Å². The summed E-state index contributed by atoms with van der Waals surface area (Å²) in [5.41, 5.74) is 6.56. The monoisotopic (exact) mass is 668 g/mol. The summed E-state index contributed by atoms with van der Waals surface area (Å²) in [7, 11) is 1.27. The van der Waals surface area contributed by atoms with Crippen molar-refractivity contribution < 1.29 is 9.30 Å². The largest absolute Gasteiger partial charge is 0.494 e.